The monoisotopic (exact) mass is 230 g/mol. The van der Waals surface area contributed by atoms with E-state index in [1.807, 2.05) is 0 Å². The molecule has 1 fully saturated rings. The first-order chi connectivity index (χ1) is 8.31. The third-order valence-corrected chi connectivity index (χ3v) is 4.09. The molecule has 17 heavy (non-hydrogen) atoms. The molecule has 2 N–H and O–H groups in total. The zero-order chi connectivity index (χ0) is 11.7. The van der Waals surface area contributed by atoms with E-state index < -0.39 is 0 Å². The van der Waals surface area contributed by atoms with E-state index >= 15 is 0 Å². The van der Waals surface area contributed by atoms with E-state index in [-0.39, 0.29) is 0 Å². The maximum atomic E-state index is 6.01. The van der Waals surface area contributed by atoms with Gasteiger partial charge in [0.05, 0.1) is 0 Å². The van der Waals surface area contributed by atoms with Crippen molar-refractivity contribution >= 4 is 0 Å². The van der Waals surface area contributed by atoms with E-state index in [4.69, 9.17) is 5.73 Å². The molecule has 0 radical (unpaired) electrons. The molecule has 0 amide bonds. The number of benzene rings is 1. The number of nitrogens with zero attached hydrogens (tertiary/aromatic N) is 1. The SMILES string of the molecule is NC1Cc2ccc(CN3CCCCC3)cc2C1. The van der Waals surface area contributed by atoms with Gasteiger partial charge in [0.15, 0.2) is 0 Å². The summed E-state index contributed by atoms with van der Waals surface area (Å²) in [4.78, 5) is 2.58. The molecule has 1 aliphatic carbocycles. The number of rotatable bonds is 2. The van der Waals surface area contributed by atoms with Crippen LogP contribution in [0.1, 0.15) is 36.0 Å². The third-order valence-electron chi connectivity index (χ3n) is 4.09. The zero-order valence-electron chi connectivity index (χ0n) is 10.5. The first-order valence-electron chi connectivity index (χ1n) is 6.90. The molecule has 0 bridgehead atoms. The summed E-state index contributed by atoms with van der Waals surface area (Å²) in [6.07, 6.45) is 6.30. The van der Waals surface area contributed by atoms with Gasteiger partial charge in [-0.3, -0.25) is 4.90 Å². The summed E-state index contributed by atoms with van der Waals surface area (Å²) < 4.78 is 0. The van der Waals surface area contributed by atoms with E-state index in [0.717, 1.165) is 19.4 Å². The first kappa shape index (κ1) is 11.2. The molecule has 1 atom stereocenters. The number of fused-ring (bicyclic) bond motifs is 1. The Morgan fingerprint density at radius 3 is 2.65 bits per heavy atom. The Bertz CT molecular complexity index is 394. The van der Waals surface area contributed by atoms with Crippen LogP contribution in [-0.4, -0.2) is 24.0 Å². The van der Waals surface area contributed by atoms with Gasteiger partial charge in [-0.05, 0) is 55.5 Å². The summed E-state index contributed by atoms with van der Waals surface area (Å²) in [5.74, 6) is 0. The number of nitrogens with two attached hydrogens (primary N) is 1. The van der Waals surface area contributed by atoms with Crippen LogP contribution in [0.3, 0.4) is 0 Å². The van der Waals surface area contributed by atoms with Gasteiger partial charge in [-0.25, -0.2) is 0 Å². The number of likely N-dealkylation sites (tertiary alicyclic amines) is 1. The second-order valence-electron chi connectivity index (χ2n) is 5.61. The van der Waals surface area contributed by atoms with E-state index in [2.05, 4.69) is 23.1 Å². The highest BCUT2D eigenvalue weighted by Gasteiger charge is 2.18. The molecular formula is C15H22N2. The van der Waals surface area contributed by atoms with Crippen molar-refractivity contribution in [2.45, 2.75) is 44.7 Å². The fraction of sp³-hybridized carbons (Fsp3) is 0.600. The molecular weight excluding hydrogens is 208 g/mol. The summed E-state index contributed by atoms with van der Waals surface area (Å²) in [6.45, 7) is 3.68. The molecule has 1 aliphatic heterocycles. The highest BCUT2D eigenvalue weighted by atomic mass is 15.1. The van der Waals surface area contributed by atoms with Gasteiger partial charge in [-0.15, -0.1) is 0 Å². The van der Waals surface area contributed by atoms with Gasteiger partial charge in [0.1, 0.15) is 0 Å². The Kier molecular flexibility index (Phi) is 3.17. The Morgan fingerprint density at radius 1 is 1.06 bits per heavy atom. The van der Waals surface area contributed by atoms with Gasteiger partial charge in [0.2, 0.25) is 0 Å². The predicted octanol–water partition coefficient (Wildman–Crippen LogP) is 2.10. The fourth-order valence-electron chi connectivity index (χ4n) is 3.18. The summed E-state index contributed by atoms with van der Waals surface area (Å²) in [5, 5.41) is 0. The molecule has 1 aromatic rings. The van der Waals surface area contributed by atoms with Crippen molar-refractivity contribution in [1.82, 2.24) is 4.90 Å². The lowest BCUT2D eigenvalue weighted by Gasteiger charge is -2.26. The van der Waals surface area contributed by atoms with Gasteiger partial charge < -0.3 is 5.73 Å². The highest BCUT2D eigenvalue weighted by molar-refractivity contribution is 5.37. The third kappa shape index (κ3) is 2.53. The average Bonchev–Trinajstić information content (AvgIpc) is 2.70. The second-order valence-corrected chi connectivity index (χ2v) is 5.61. The summed E-state index contributed by atoms with van der Waals surface area (Å²) in [6, 6.07) is 7.33. The van der Waals surface area contributed by atoms with E-state index in [0.29, 0.717) is 6.04 Å². The standard InChI is InChI=1S/C15H22N2/c16-15-9-13-5-4-12(8-14(13)10-15)11-17-6-2-1-3-7-17/h4-5,8,15H,1-3,6-7,9-11,16H2. The van der Waals surface area contributed by atoms with Gasteiger partial charge in [-0.1, -0.05) is 24.6 Å². The molecule has 3 rings (SSSR count). The number of hydrogen-bond acceptors (Lipinski definition) is 2. The Labute approximate surface area is 104 Å². The topological polar surface area (TPSA) is 29.3 Å². The molecule has 1 aromatic carbocycles. The normalized spacial score (nSPS) is 24.9. The van der Waals surface area contributed by atoms with Gasteiger partial charge in [-0.2, -0.15) is 0 Å². The first-order valence-corrected chi connectivity index (χ1v) is 6.90. The largest absolute Gasteiger partial charge is 0.327 e. The lowest BCUT2D eigenvalue weighted by molar-refractivity contribution is 0.221. The van der Waals surface area contributed by atoms with Crippen LogP contribution in [0.2, 0.25) is 0 Å². The Hall–Kier alpha value is -0.860. The maximum absolute atomic E-state index is 6.01. The quantitative estimate of drug-likeness (QED) is 0.843. The average molecular weight is 230 g/mol. The van der Waals surface area contributed by atoms with Crippen molar-refractivity contribution in [2.75, 3.05) is 13.1 Å². The summed E-state index contributed by atoms with van der Waals surface area (Å²) >= 11 is 0. The van der Waals surface area contributed by atoms with Crippen LogP contribution in [0.4, 0.5) is 0 Å². The van der Waals surface area contributed by atoms with Crippen molar-refractivity contribution in [3.63, 3.8) is 0 Å². The van der Waals surface area contributed by atoms with Crippen LogP contribution in [0.5, 0.6) is 0 Å². The minimum absolute atomic E-state index is 0.357. The predicted molar refractivity (Wildman–Crippen MR) is 71.0 cm³/mol. The van der Waals surface area contributed by atoms with Gasteiger partial charge in [0.25, 0.3) is 0 Å². The molecule has 1 saturated heterocycles. The molecule has 2 heteroatoms. The van der Waals surface area contributed by atoms with Crippen LogP contribution in [0, 0.1) is 0 Å². The van der Waals surface area contributed by atoms with E-state index in [1.165, 1.54) is 49.0 Å². The Balaban J connectivity index is 1.69. The molecule has 1 heterocycles. The molecule has 0 saturated carbocycles. The van der Waals surface area contributed by atoms with Crippen LogP contribution < -0.4 is 5.73 Å². The van der Waals surface area contributed by atoms with E-state index in [1.54, 1.807) is 0 Å². The lowest BCUT2D eigenvalue weighted by Crippen LogP contribution is -2.29. The van der Waals surface area contributed by atoms with Crippen molar-refractivity contribution in [3.8, 4) is 0 Å². The van der Waals surface area contributed by atoms with Crippen LogP contribution in [0.15, 0.2) is 18.2 Å². The van der Waals surface area contributed by atoms with Crippen molar-refractivity contribution in [3.05, 3.63) is 34.9 Å². The Morgan fingerprint density at radius 2 is 1.82 bits per heavy atom. The lowest BCUT2D eigenvalue weighted by atomic mass is 10.0. The fourth-order valence-corrected chi connectivity index (χ4v) is 3.18. The highest BCUT2D eigenvalue weighted by Crippen LogP contribution is 2.23. The second kappa shape index (κ2) is 4.79. The van der Waals surface area contributed by atoms with Crippen molar-refractivity contribution in [2.24, 2.45) is 5.73 Å². The van der Waals surface area contributed by atoms with E-state index in [9.17, 15) is 0 Å². The number of piperidine rings is 1. The number of hydrogen-bond donors (Lipinski definition) is 1. The molecule has 1 unspecified atom stereocenters. The van der Waals surface area contributed by atoms with Crippen molar-refractivity contribution in [1.29, 1.82) is 0 Å². The molecule has 2 aliphatic rings. The molecule has 2 nitrogen and oxygen atoms in total. The van der Waals surface area contributed by atoms with Crippen LogP contribution in [-0.2, 0) is 19.4 Å². The van der Waals surface area contributed by atoms with Gasteiger partial charge in [0, 0.05) is 12.6 Å². The maximum Gasteiger partial charge on any atom is 0.0233 e. The van der Waals surface area contributed by atoms with Crippen LogP contribution in [0.25, 0.3) is 0 Å². The van der Waals surface area contributed by atoms with Gasteiger partial charge >= 0.3 is 0 Å². The summed E-state index contributed by atoms with van der Waals surface area (Å²) in [5.41, 5.74) is 10.4. The molecule has 0 spiro atoms. The minimum atomic E-state index is 0.357. The zero-order valence-corrected chi connectivity index (χ0v) is 10.5. The van der Waals surface area contributed by atoms with Crippen LogP contribution >= 0.6 is 0 Å². The molecule has 92 valence electrons. The molecule has 0 aromatic heterocycles. The van der Waals surface area contributed by atoms with Crippen molar-refractivity contribution < 1.29 is 0 Å². The minimum Gasteiger partial charge on any atom is -0.327 e. The smallest absolute Gasteiger partial charge is 0.0233 e. The summed E-state index contributed by atoms with van der Waals surface area (Å²) in [7, 11) is 0.